The zero-order chi connectivity index (χ0) is 23.6. The lowest BCUT2D eigenvalue weighted by atomic mass is 10.1. The smallest absolute Gasteiger partial charge is 0.183 e. The number of rotatable bonds is 7. The van der Waals surface area contributed by atoms with Crippen molar-refractivity contribution in [3.63, 3.8) is 0 Å². The van der Waals surface area contributed by atoms with E-state index in [1.807, 2.05) is 12.1 Å². The van der Waals surface area contributed by atoms with Gasteiger partial charge >= 0.3 is 0 Å². The maximum Gasteiger partial charge on any atom is 0.183 e. The quantitative estimate of drug-likeness (QED) is 0.568. The number of aryl methyl sites for hydroxylation is 1. The van der Waals surface area contributed by atoms with E-state index in [0.29, 0.717) is 32.8 Å². The van der Waals surface area contributed by atoms with Crippen LogP contribution >= 0.6 is 0 Å². The number of ether oxygens (including phenoxy) is 1. The summed E-state index contributed by atoms with van der Waals surface area (Å²) < 4.78 is 70.8. The molecule has 2 aromatic rings. The minimum absolute atomic E-state index is 0.0627. The average Bonchev–Trinajstić information content (AvgIpc) is 3.12. The minimum Gasteiger partial charge on any atom is -0.379 e. The highest BCUT2D eigenvalue weighted by Crippen LogP contribution is 2.28. The molecule has 33 heavy (non-hydrogen) atoms. The highest BCUT2D eigenvalue weighted by Gasteiger charge is 2.46. The first kappa shape index (κ1) is 24.2. The molecule has 1 aromatic heterocycles. The third-order valence-electron chi connectivity index (χ3n) is 6.29. The van der Waals surface area contributed by atoms with E-state index in [9.17, 15) is 21.2 Å². The second kappa shape index (κ2) is 9.75. The van der Waals surface area contributed by atoms with Crippen LogP contribution in [0.15, 0.2) is 47.6 Å². The fourth-order valence-corrected chi connectivity index (χ4v) is 9.26. The predicted molar refractivity (Wildman–Crippen MR) is 122 cm³/mol. The SMILES string of the molecule is Cc1cc(S(=O)(=O)[C@H]2CS(=O)(=O)C[C@@H]2NCC(c2cccnc2)N2CCOCC2)ccc1F. The van der Waals surface area contributed by atoms with Crippen LogP contribution in [0.5, 0.6) is 0 Å². The van der Waals surface area contributed by atoms with E-state index in [0.717, 1.165) is 11.6 Å². The molecule has 180 valence electrons. The summed E-state index contributed by atoms with van der Waals surface area (Å²) in [7, 11) is -7.54. The first-order chi connectivity index (χ1) is 15.7. The Labute approximate surface area is 194 Å². The second-order valence-corrected chi connectivity index (χ2v) is 12.9. The minimum atomic E-state index is -3.99. The van der Waals surface area contributed by atoms with Gasteiger partial charge in [-0.05, 0) is 42.3 Å². The van der Waals surface area contributed by atoms with E-state index in [4.69, 9.17) is 4.74 Å². The van der Waals surface area contributed by atoms with Gasteiger partial charge in [0.1, 0.15) is 5.82 Å². The molecule has 2 aliphatic rings. The van der Waals surface area contributed by atoms with Gasteiger partial charge in [-0.3, -0.25) is 9.88 Å². The largest absolute Gasteiger partial charge is 0.379 e. The van der Waals surface area contributed by atoms with E-state index in [2.05, 4.69) is 15.2 Å². The Balaban J connectivity index is 1.58. The fraction of sp³-hybridized carbons (Fsp3) is 0.500. The van der Waals surface area contributed by atoms with Crippen LogP contribution in [0.2, 0.25) is 0 Å². The summed E-state index contributed by atoms with van der Waals surface area (Å²) in [5.74, 6) is -1.23. The Bertz CT molecular complexity index is 1190. The average molecular weight is 498 g/mol. The van der Waals surface area contributed by atoms with Crippen LogP contribution in [0, 0.1) is 12.7 Å². The van der Waals surface area contributed by atoms with Crippen molar-refractivity contribution in [1.29, 1.82) is 0 Å². The van der Waals surface area contributed by atoms with Gasteiger partial charge in [0.2, 0.25) is 0 Å². The molecule has 8 nitrogen and oxygen atoms in total. The van der Waals surface area contributed by atoms with Gasteiger partial charge in [0.05, 0.1) is 34.9 Å². The maximum absolute atomic E-state index is 13.7. The van der Waals surface area contributed by atoms with Gasteiger partial charge in [-0.15, -0.1) is 0 Å². The molecule has 3 atom stereocenters. The van der Waals surface area contributed by atoms with Gasteiger partial charge in [0, 0.05) is 44.1 Å². The molecule has 1 N–H and O–H groups in total. The molecule has 2 aliphatic heterocycles. The third-order valence-corrected chi connectivity index (χ3v) is 10.4. The monoisotopic (exact) mass is 497 g/mol. The fourth-order valence-electron chi connectivity index (χ4n) is 4.46. The molecule has 11 heteroatoms. The van der Waals surface area contributed by atoms with Crippen molar-refractivity contribution >= 4 is 19.7 Å². The highest BCUT2D eigenvalue weighted by atomic mass is 32.2. The normalized spacial score (nSPS) is 24.5. The molecule has 0 spiro atoms. The molecule has 3 heterocycles. The number of nitrogens with zero attached hydrogens (tertiary/aromatic N) is 2. The number of halogens is 1. The molecular formula is C22H28FN3O5S2. The van der Waals surface area contributed by atoms with Crippen molar-refractivity contribution < 1.29 is 26.0 Å². The van der Waals surface area contributed by atoms with Crippen LogP contribution in [-0.2, 0) is 24.4 Å². The number of nitrogens with one attached hydrogen (secondary N) is 1. The third kappa shape index (κ3) is 5.43. The molecule has 0 radical (unpaired) electrons. The lowest BCUT2D eigenvalue weighted by Gasteiger charge is -2.35. The first-order valence-electron chi connectivity index (χ1n) is 10.8. The zero-order valence-corrected chi connectivity index (χ0v) is 20.0. The topological polar surface area (TPSA) is 106 Å². The summed E-state index contributed by atoms with van der Waals surface area (Å²) in [5, 5.41) is 2.10. The number of sulfone groups is 2. The van der Waals surface area contributed by atoms with E-state index >= 15 is 0 Å². The van der Waals surface area contributed by atoms with Crippen LogP contribution in [0.25, 0.3) is 0 Å². The Kier molecular flexibility index (Phi) is 7.15. The molecular weight excluding hydrogens is 469 g/mol. The van der Waals surface area contributed by atoms with Crippen molar-refractivity contribution in [2.24, 2.45) is 0 Å². The van der Waals surface area contributed by atoms with Crippen molar-refractivity contribution in [3.05, 3.63) is 59.7 Å². The molecule has 2 fully saturated rings. The number of hydrogen-bond donors (Lipinski definition) is 1. The number of aromatic nitrogens is 1. The summed E-state index contributed by atoms with van der Waals surface area (Å²) in [4.78, 5) is 6.37. The van der Waals surface area contributed by atoms with Crippen LogP contribution in [0.1, 0.15) is 17.2 Å². The maximum atomic E-state index is 13.7. The first-order valence-corrected chi connectivity index (χ1v) is 14.2. The molecule has 1 aromatic carbocycles. The molecule has 2 saturated heterocycles. The Hall–Kier alpha value is -1.92. The Morgan fingerprint density at radius 1 is 1.24 bits per heavy atom. The van der Waals surface area contributed by atoms with Crippen molar-refractivity contribution in [2.45, 2.75) is 29.2 Å². The Morgan fingerprint density at radius 3 is 2.67 bits per heavy atom. The summed E-state index contributed by atoms with van der Waals surface area (Å²) in [6, 6.07) is 6.48. The van der Waals surface area contributed by atoms with Gasteiger partial charge in [0.25, 0.3) is 0 Å². The highest BCUT2D eigenvalue weighted by molar-refractivity contribution is 7.96. The summed E-state index contributed by atoms with van der Waals surface area (Å²) in [5.41, 5.74) is 1.16. The van der Waals surface area contributed by atoms with E-state index < -0.39 is 42.5 Å². The van der Waals surface area contributed by atoms with Gasteiger partial charge in [-0.1, -0.05) is 6.07 Å². The predicted octanol–water partition coefficient (Wildman–Crippen LogP) is 1.13. The van der Waals surface area contributed by atoms with Gasteiger partial charge in [0.15, 0.2) is 19.7 Å². The van der Waals surface area contributed by atoms with Crippen molar-refractivity contribution in [2.75, 3.05) is 44.4 Å². The van der Waals surface area contributed by atoms with Crippen LogP contribution < -0.4 is 5.32 Å². The van der Waals surface area contributed by atoms with Crippen molar-refractivity contribution in [1.82, 2.24) is 15.2 Å². The number of hydrogen-bond acceptors (Lipinski definition) is 8. The number of morpholine rings is 1. The standard InChI is InChI=1S/C22H28FN3O5S2/c1-16-11-18(4-5-19(16)23)33(29,30)22-15-32(27,28)14-20(22)25-13-21(17-3-2-6-24-12-17)26-7-9-31-10-8-26/h2-6,11-12,20-22,25H,7-10,13-15H2,1H3/t20-,21?,22-/m0/s1. The number of pyridine rings is 1. The molecule has 0 saturated carbocycles. The van der Waals surface area contributed by atoms with Crippen LogP contribution in [0.4, 0.5) is 4.39 Å². The lowest BCUT2D eigenvalue weighted by Crippen LogP contribution is -2.48. The summed E-state index contributed by atoms with van der Waals surface area (Å²) in [6.07, 6.45) is 3.45. The Morgan fingerprint density at radius 2 is 2.00 bits per heavy atom. The molecule has 0 bridgehead atoms. The molecule has 0 amide bonds. The lowest BCUT2D eigenvalue weighted by molar-refractivity contribution is 0.0157. The number of benzene rings is 1. The zero-order valence-electron chi connectivity index (χ0n) is 18.4. The summed E-state index contributed by atoms with van der Waals surface area (Å²) >= 11 is 0. The van der Waals surface area contributed by atoms with Crippen LogP contribution in [-0.4, -0.2) is 82.4 Å². The molecule has 4 rings (SSSR count). The van der Waals surface area contributed by atoms with Gasteiger partial charge in [-0.2, -0.15) is 0 Å². The van der Waals surface area contributed by atoms with Crippen molar-refractivity contribution in [3.8, 4) is 0 Å². The van der Waals surface area contributed by atoms with E-state index in [-0.39, 0.29) is 22.3 Å². The molecule has 1 unspecified atom stereocenters. The van der Waals surface area contributed by atoms with Gasteiger partial charge in [-0.25, -0.2) is 21.2 Å². The van der Waals surface area contributed by atoms with Crippen LogP contribution in [0.3, 0.4) is 0 Å². The van der Waals surface area contributed by atoms with E-state index in [1.54, 1.807) is 12.4 Å². The second-order valence-electron chi connectivity index (χ2n) is 8.54. The molecule has 0 aliphatic carbocycles. The summed E-state index contributed by atoms with van der Waals surface area (Å²) in [6.45, 7) is 4.45. The van der Waals surface area contributed by atoms with E-state index in [1.165, 1.54) is 19.1 Å². The van der Waals surface area contributed by atoms with Gasteiger partial charge < -0.3 is 10.1 Å².